The molecule has 0 heterocycles. The van der Waals surface area contributed by atoms with Crippen LogP contribution in [0.25, 0.3) is 6.08 Å². The van der Waals surface area contributed by atoms with Crippen LogP contribution in [-0.4, -0.2) is 13.0 Å². The molecule has 3 aromatic rings. The van der Waals surface area contributed by atoms with Gasteiger partial charge in [-0.3, -0.25) is 4.79 Å². The fourth-order valence-corrected chi connectivity index (χ4v) is 3.71. The Hall–Kier alpha value is -3.82. The summed E-state index contributed by atoms with van der Waals surface area (Å²) in [6, 6.07) is 20.9. The molecule has 172 valence electrons. The molecule has 34 heavy (non-hydrogen) atoms. The summed E-state index contributed by atoms with van der Waals surface area (Å²) >= 11 is 3.37. The van der Waals surface area contributed by atoms with Crippen molar-refractivity contribution in [3.8, 4) is 17.6 Å². The van der Waals surface area contributed by atoms with Gasteiger partial charge >= 0.3 is 0 Å². The van der Waals surface area contributed by atoms with Crippen molar-refractivity contribution in [1.82, 2.24) is 0 Å². The van der Waals surface area contributed by atoms with E-state index in [-0.39, 0.29) is 5.57 Å². The van der Waals surface area contributed by atoms with Crippen molar-refractivity contribution in [2.45, 2.75) is 20.0 Å². The van der Waals surface area contributed by atoms with Crippen LogP contribution < -0.4 is 14.8 Å². The van der Waals surface area contributed by atoms with Crippen LogP contribution in [0.15, 0.2) is 83.4 Å². The molecule has 3 aromatic carbocycles. The van der Waals surface area contributed by atoms with Gasteiger partial charge in [0.2, 0.25) is 0 Å². The summed E-state index contributed by atoms with van der Waals surface area (Å²) in [5.41, 5.74) is 4.28. The number of carbonyl (C=O) groups is 1. The highest BCUT2D eigenvalue weighted by Crippen LogP contribution is 2.35. The number of amides is 1. The fraction of sp³-hybridized carbons (Fsp3) is 0.143. The van der Waals surface area contributed by atoms with E-state index >= 15 is 0 Å². The van der Waals surface area contributed by atoms with Gasteiger partial charge in [0.25, 0.3) is 5.91 Å². The molecule has 5 nitrogen and oxygen atoms in total. The first-order valence-electron chi connectivity index (χ1n) is 10.6. The van der Waals surface area contributed by atoms with E-state index in [0.717, 1.165) is 15.6 Å². The Balaban J connectivity index is 1.89. The van der Waals surface area contributed by atoms with Crippen LogP contribution >= 0.6 is 15.9 Å². The molecule has 0 aliphatic heterocycles. The Morgan fingerprint density at radius 1 is 1.18 bits per heavy atom. The highest BCUT2D eigenvalue weighted by atomic mass is 79.9. The minimum atomic E-state index is -0.496. The number of allylic oxidation sites excluding steroid dienone is 1. The minimum absolute atomic E-state index is 0.0279. The number of nitrogens with one attached hydrogen (secondary N) is 1. The van der Waals surface area contributed by atoms with Crippen LogP contribution in [0.5, 0.6) is 11.5 Å². The van der Waals surface area contributed by atoms with E-state index in [0.29, 0.717) is 35.8 Å². The number of carbonyl (C=O) groups excluding carboxylic acids is 1. The Labute approximate surface area is 208 Å². The zero-order chi connectivity index (χ0) is 24.5. The van der Waals surface area contributed by atoms with Crippen molar-refractivity contribution in [2.24, 2.45) is 0 Å². The van der Waals surface area contributed by atoms with Crippen LogP contribution in [0.1, 0.15) is 22.3 Å². The molecule has 0 aliphatic carbocycles. The van der Waals surface area contributed by atoms with Gasteiger partial charge in [-0.25, -0.2) is 0 Å². The van der Waals surface area contributed by atoms with Crippen molar-refractivity contribution < 1.29 is 14.3 Å². The smallest absolute Gasteiger partial charge is 0.266 e. The second kappa shape index (κ2) is 11.9. The third-order valence-electron chi connectivity index (χ3n) is 5.00. The molecule has 1 amide bonds. The molecular formula is C28H25BrN2O3. The van der Waals surface area contributed by atoms with Gasteiger partial charge in [-0.1, -0.05) is 57.9 Å². The summed E-state index contributed by atoms with van der Waals surface area (Å²) in [6.07, 6.45) is 3.84. The summed E-state index contributed by atoms with van der Waals surface area (Å²) < 4.78 is 12.5. The molecule has 1 N–H and O–H groups in total. The first-order valence-corrected chi connectivity index (χ1v) is 11.4. The summed E-state index contributed by atoms with van der Waals surface area (Å²) in [6.45, 7) is 6.26. The van der Waals surface area contributed by atoms with Gasteiger partial charge in [0.05, 0.1) is 7.11 Å². The zero-order valence-corrected chi connectivity index (χ0v) is 20.7. The monoisotopic (exact) mass is 516 g/mol. The topological polar surface area (TPSA) is 71.4 Å². The van der Waals surface area contributed by atoms with Gasteiger partial charge in [-0.15, -0.1) is 6.58 Å². The number of nitrogens with zero attached hydrogens (tertiary/aromatic N) is 1. The predicted molar refractivity (Wildman–Crippen MR) is 139 cm³/mol. The number of anilines is 1. The first-order chi connectivity index (χ1) is 16.4. The number of methoxy groups -OCH3 is 1. The second-order valence-corrected chi connectivity index (χ2v) is 8.53. The van der Waals surface area contributed by atoms with Crippen molar-refractivity contribution in [1.29, 1.82) is 5.26 Å². The van der Waals surface area contributed by atoms with E-state index in [2.05, 4.69) is 27.8 Å². The standard InChI is InChI=1S/C28H25BrN2O3/c1-4-6-22-13-21(14-23(17-30)28(32)31-25-8-5-7-24(29)16-25)15-26(33-3)27(22)34-18-20-11-9-19(2)10-12-20/h4-5,7-16H,1,6,18H2,2-3H3,(H,31,32)/b23-14-. The van der Waals surface area contributed by atoms with E-state index < -0.39 is 5.91 Å². The lowest BCUT2D eigenvalue weighted by Gasteiger charge is -2.16. The minimum Gasteiger partial charge on any atom is -0.493 e. The number of hydrogen-bond donors (Lipinski definition) is 1. The van der Waals surface area contributed by atoms with Crippen molar-refractivity contribution in [3.05, 3.63) is 106 Å². The molecule has 0 unspecified atom stereocenters. The Bertz CT molecular complexity index is 1260. The Morgan fingerprint density at radius 3 is 2.59 bits per heavy atom. The summed E-state index contributed by atoms with van der Waals surface area (Å²) in [5, 5.41) is 12.4. The Morgan fingerprint density at radius 2 is 1.94 bits per heavy atom. The van der Waals surface area contributed by atoms with Crippen molar-refractivity contribution in [2.75, 3.05) is 12.4 Å². The molecule has 0 atom stereocenters. The van der Waals surface area contributed by atoms with E-state index in [4.69, 9.17) is 9.47 Å². The quantitative estimate of drug-likeness (QED) is 0.197. The molecule has 3 rings (SSSR count). The lowest BCUT2D eigenvalue weighted by atomic mass is 10.0. The number of rotatable bonds is 9. The molecule has 0 aromatic heterocycles. The van der Waals surface area contributed by atoms with Gasteiger partial charge < -0.3 is 14.8 Å². The maximum absolute atomic E-state index is 12.7. The van der Waals surface area contributed by atoms with E-state index in [1.165, 1.54) is 11.6 Å². The van der Waals surface area contributed by atoms with Gasteiger partial charge in [0, 0.05) is 15.7 Å². The van der Waals surface area contributed by atoms with Crippen molar-refractivity contribution >= 4 is 33.6 Å². The van der Waals surface area contributed by atoms with Gasteiger partial charge in [-0.05, 0) is 60.9 Å². The zero-order valence-electron chi connectivity index (χ0n) is 19.1. The lowest BCUT2D eigenvalue weighted by Crippen LogP contribution is -2.13. The lowest BCUT2D eigenvalue weighted by molar-refractivity contribution is -0.112. The average molecular weight is 517 g/mol. The van der Waals surface area contributed by atoms with Crippen LogP contribution in [0.4, 0.5) is 5.69 Å². The number of nitriles is 1. The van der Waals surface area contributed by atoms with Crippen LogP contribution in [0, 0.1) is 18.3 Å². The first kappa shape index (κ1) is 24.8. The molecule has 0 aliphatic rings. The molecule has 0 saturated heterocycles. The van der Waals surface area contributed by atoms with Gasteiger partial charge in [0.1, 0.15) is 18.2 Å². The van der Waals surface area contributed by atoms with Gasteiger partial charge in [-0.2, -0.15) is 5.26 Å². The predicted octanol–water partition coefficient (Wildman–Crippen LogP) is 6.62. The summed E-state index contributed by atoms with van der Waals surface area (Å²) in [5.74, 6) is 0.629. The molecule has 6 heteroatoms. The summed E-state index contributed by atoms with van der Waals surface area (Å²) in [7, 11) is 1.56. The van der Waals surface area contributed by atoms with Crippen LogP contribution in [0.2, 0.25) is 0 Å². The number of hydrogen-bond acceptors (Lipinski definition) is 4. The molecule has 0 bridgehead atoms. The molecule has 0 spiro atoms. The van der Waals surface area contributed by atoms with E-state index in [1.54, 1.807) is 37.5 Å². The highest BCUT2D eigenvalue weighted by Gasteiger charge is 2.15. The molecule has 0 radical (unpaired) electrons. The van der Waals surface area contributed by atoms with E-state index in [9.17, 15) is 10.1 Å². The van der Waals surface area contributed by atoms with E-state index in [1.807, 2.05) is 49.4 Å². The van der Waals surface area contributed by atoms with Gasteiger partial charge in [0.15, 0.2) is 11.5 Å². The second-order valence-electron chi connectivity index (χ2n) is 7.61. The number of halogens is 1. The number of aryl methyl sites for hydroxylation is 1. The van der Waals surface area contributed by atoms with Crippen LogP contribution in [-0.2, 0) is 17.8 Å². The van der Waals surface area contributed by atoms with Crippen LogP contribution in [0.3, 0.4) is 0 Å². The maximum atomic E-state index is 12.7. The van der Waals surface area contributed by atoms with Crippen molar-refractivity contribution in [3.63, 3.8) is 0 Å². The molecule has 0 saturated carbocycles. The summed E-state index contributed by atoms with van der Waals surface area (Å²) in [4.78, 5) is 12.7. The third-order valence-corrected chi connectivity index (χ3v) is 5.49. The number of benzene rings is 3. The SMILES string of the molecule is C=CCc1cc(/C=C(/C#N)C(=O)Nc2cccc(Br)c2)cc(OC)c1OCc1ccc(C)cc1. The highest BCUT2D eigenvalue weighted by molar-refractivity contribution is 9.10. The normalized spacial score (nSPS) is 10.8. The number of ether oxygens (including phenoxy) is 2. The fourth-order valence-electron chi connectivity index (χ4n) is 3.31. The third kappa shape index (κ3) is 6.60. The average Bonchev–Trinajstić information content (AvgIpc) is 2.82. The molecule has 0 fully saturated rings. The maximum Gasteiger partial charge on any atom is 0.266 e. The Kier molecular flexibility index (Phi) is 8.66. The largest absolute Gasteiger partial charge is 0.493 e. The molecular weight excluding hydrogens is 492 g/mol.